The van der Waals surface area contributed by atoms with Crippen molar-refractivity contribution in [3.63, 3.8) is 0 Å². The monoisotopic (exact) mass is 423 g/mol. The first-order valence-corrected chi connectivity index (χ1v) is 11.3. The summed E-state index contributed by atoms with van der Waals surface area (Å²) in [6.07, 6.45) is 9.51. The minimum Gasteiger partial charge on any atom is -0.355 e. The number of hydrogen-bond donors (Lipinski definition) is 2. The van der Waals surface area contributed by atoms with E-state index in [1.165, 1.54) is 43.9 Å². The molecule has 156 valence electrons. The molecule has 30 heavy (non-hydrogen) atoms. The van der Waals surface area contributed by atoms with Gasteiger partial charge >= 0.3 is 0 Å². The molecule has 2 heterocycles. The van der Waals surface area contributed by atoms with E-state index in [2.05, 4.69) is 20.7 Å². The molecule has 0 aliphatic heterocycles. The quantitative estimate of drug-likeness (QED) is 0.565. The number of rotatable bonds is 7. The predicted octanol–water partition coefficient (Wildman–Crippen LogP) is 3.77. The van der Waals surface area contributed by atoms with Gasteiger partial charge in [0.15, 0.2) is 5.65 Å². The third kappa shape index (κ3) is 4.99. The summed E-state index contributed by atoms with van der Waals surface area (Å²) in [7, 11) is 0. The van der Waals surface area contributed by atoms with Crippen LogP contribution in [-0.2, 0) is 4.79 Å². The first kappa shape index (κ1) is 20.4. The minimum atomic E-state index is -0.247. The Morgan fingerprint density at radius 3 is 2.77 bits per heavy atom. The summed E-state index contributed by atoms with van der Waals surface area (Å²) < 4.78 is 1.58. The van der Waals surface area contributed by atoms with Crippen molar-refractivity contribution in [2.24, 2.45) is 5.92 Å². The van der Waals surface area contributed by atoms with E-state index in [9.17, 15) is 9.59 Å². The lowest BCUT2D eigenvalue weighted by Crippen LogP contribution is -2.31. The topological polar surface area (TPSA) is 88.4 Å². The maximum absolute atomic E-state index is 12.9. The van der Waals surface area contributed by atoms with Crippen molar-refractivity contribution < 1.29 is 9.59 Å². The van der Waals surface area contributed by atoms with Gasteiger partial charge < -0.3 is 10.6 Å². The van der Waals surface area contributed by atoms with Crippen LogP contribution in [0.4, 0.5) is 5.82 Å². The zero-order valence-electron chi connectivity index (χ0n) is 16.7. The summed E-state index contributed by atoms with van der Waals surface area (Å²) in [4.78, 5) is 30.2. The minimum absolute atomic E-state index is 0.00756. The van der Waals surface area contributed by atoms with Crippen molar-refractivity contribution in [3.8, 4) is 0 Å². The fourth-order valence-corrected chi connectivity index (χ4v) is 4.62. The Bertz CT molecular complexity index is 1030. The van der Waals surface area contributed by atoms with E-state index in [1.807, 2.05) is 18.2 Å². The highest BCUT2D eigenvalue weighted by atomic mass is 32.2. The Balaban J connectivity index is 1.36. The molecule has 0 saturated heterocycles. The Morgan fingerprint density at radius 1 is 1.07 bits per heavy atom. The second-order valence-electron chi connectivity index (χ2n) is 7.48. The van der Waals surface area contributed by atoms with E-state index in [4.69, 9.17) is 0 Å². The number of aromatic nitrogens is 3. The number of thioether (sulfide) groups is 1. The second-order valence-corrected chi connectivity index (χ2v) is 8.50. The summed E-state index contributed by atoms with van der Waals surface area (Å²) in [5.74, 6) is 1.19. The molecule has 2 amide bonds. The normalized spacial score (nSPS) is 14.5. The van der Waals surface area contributed by atoms with Crippen LogP contribution >= 0.6 is 11.8 Å². The standard InChI is InChI=1S/C22H25N5O2S/c28-21(24-14-16-6-2-1-3-7-16)15-30-18-9-5-4-8-17(18)22(29)26-20-10-12-23-19-11-13-25-27(19)20/h4-5,8-13,16H,1-3,6-7,14-15H2,(H,24,28)(H,26,29). The van der Waals surface area contributed by atoms with E-state index in [0.29, 0.717) is 22.9 Å². The molecule has 0 atom stereocenters. The van der Waals surface area contributed by atoms with Gasteiger partial charge in [-0.05, 0) is 37.0 Å². The fourth-order valence-electron chi connectivity index (χ4n) is 3.74. The molecule has 2 aromatic heterocycles. The second kappa shape index (κ2) is 9.75. The molecule has 0 bridgehead atoms. The van der Waals surface area contributed by atoms with E-state index >= 15 is 0 Å². The molecule has 1 fully saturated rings. The third-order valence-corrected chi connectivity index (χ3v) is 6.41. The predicted molar refractivity (Wildman–Crippen MR) is 118 cm³/mol. The SMILES string of the molecule is O=C(CSc1ccccc1C(=O)Nc1ccnc2ccnn12)NCC1CCCCC1. The first-order chi connectivity index (χ1) is 14.7. The van der Waals surface area contributed by atoms with E-state index < -0.39 is 0 Å². The summed E-state index contributed by atoms with van der Waals surface area (Å²) >= 11 is 1.38. The van der Waals surface area contributed by atoms with Crippen LogP contribution in [0.1, 0.15) is 42.5 Å². The van der Waals surface area contributed by atoms with Crippen molar-refractivity contribution in [1.29, 1.82) is 0 Å². The highest BCUT2D eigenvalue weighted by Gasteiger charge is 2.16. The van der Waals surface area contributed by atoms with Gasteiger partial charge in [0.05, 0.1) is 17.5 Å². The van der Waals surface area contributed by atoms with Crippen LogP contribution in [0, 0.1) is 5.92 Å². The number of fused-ring (bicyclic) bond motifs is 1. The lowest BCUT2D eigenvalue weighted by atomic mass is 9.89. The molecular weight excluding hydrogens is 398 g/mol. The Hall–Kier alpha value is -2.87. The van der Waals surface area contributed by atoms with Gasteiger partial charge in [-0.2, -0.15) is 9.61 Å². The van der Waals surface area contributed by atoms with Crippen LogP contribution in [-0.4, -0.2) is 38.7 Å². The lowest BCUT2D eigenvalue weighted by molar-refractivity contribution is -0.118. The van der Waals surface area contributed by atoms with Gasteiger partial charge in [0, 0.05) is 23.7 Å². The van der Waals surface area contributed by atoms with Crippen LogP contribution in [0.5, 0.6) is 0 Å². The molecular formula is C22H25N5O2S. The fraction of sp³-hybridized carbons (Fsp3) is 0.364. The molecule has 4 rings (SSSR count). The molecule has 1 aromatic carbocycles. The van der Waals surface area contributed by atoms with Gasteiger partial charge in [0.25, 0.3) is 5.91 Å². The summed E-state index contributed by atoms with van der Waals surface area (Å²) in [5.41, 5.74) is 1.18. The first-order valence-electron chi connectivity index (χ1n) is 10.3. The van der Waals surface area contributed by atoms with Gasteiger partial charge in [-0.15, -0.1) is 11.8 Å². The van der Waals surface area contributed by atoms with Gasteiger partial charge in [-0.1, -0.05) is 31.4 Å². The molecule has 1 saturated carbocycles. The maximum atomic E-state index is 12.9. The van der Waals surface area contributed by atoms with Crippen LogP contribution in [0.3, 0.4) is 0 Å². The van der Waals surface area contributed by atoms with Gasteiger partial charge in [-0.3, -0.25) is 9.59 Å². The summed E-state index contributed by atoms with van der Waals surface area (Å²) in [6, 6.07) is 10.8. The van der Waals surface area contributed by atoms with Gasteiger partial charge in [0.1, 0.15) is 5.82 Å². The number of nitrogens with zero attached hydrogens (tertiary/aromatic N) is 3. The van der Waals surface area contributed by atoms with Crippen molar-refractivity contribution in [3.05, 3.63) is 54.4 Å². The number of carbonyl (C=O) groups excluding carboxylic acids is 2. The Kier molecular flexibility index (Phi) is 6.63. The van der Waals surface area contributed by atoms with Gasteiger partial charge in [-0.25, -0.2) is 4.98 Å². The van der Waals surface area contributed by atoms with Crippen LogP contribution in [0.25, 0.3) is 5.65 Å². The number of nitrogens with one attached hydrogen (secondary N) is 2. The molecule has 8 heteroatoms. The van der Waals surface area contributed by atoms with E-state index in [1.54, 1.807) is 35.1 Å². The maximum Gasteiger partial charge on any atom is 0.257 e. The van der Waals surface area contributed by atoms with Crippen molar-refractivity contribution in [2.75, 3.05) is 17.6 Å². The smallest absolute Gasteiger partial charge is 0.257 e. The highest BCUT2D eigenvalue weighted by Crippen LogP contribution is 2.25. The molecule has 0 spiro atoms. The van der Waals surface area contributed by atoms with Crippen LogP contribution < -0.4 is 10.6 Å². The number of hydrogen-bond acceptors (Lipinski definition) is 5. The number of amides is 2. The van der Waals surface area contributed by atoms with Crippen molar-refractivity contribution in [2.45, 2.75) is 37.0 Å². The largest absolute Gasteiger partial charge is 0.355 e. The molecule has 1 aliphatic carbocycles. The highest BCUT2D eigenvalue weighted by molar-refractivity contribution is 8.00. The molecule has 3 aromatic rings. The van der Waals surface area contributed by atoms with E-state index in [0.717, 1.165) is 11.4 Å². The van der Waals surface area contributed by atoms with Crippen LogP contribution in [0.2, 0.25) is 0 Å². The average molecular weight is 424 g/mol. The number of anilines is 1. The summed E-state index contributed by atoms with van der Waals surface area (Å²) in [6.45, 7) is 0.753. The van der Waals surface area contributed by atoms with Crippen molar-refractivity contribution in [1.82, 2.24) is 19.9 Å². The molecule has 2 N–H and O–H groups in total. The Labute approximate surface area is 179 Å². The molecule has 1 aliphatic rings. The number of benzene rings is 1. The zero-order chi connectivity index (χ0) is 20.8. The van der Waals surface area contributed by atoms with E-state index in [-0.39, 0.29) is 17.6 Å². The molecule has 0 unspecified atom stereocenters. The molecule has 7 nitrogen and oxygen atoms in total. The third-order valence-electron chi connectivity index (χ3n) is 5.33. The lowest BCUT2D eigenvalue weighted by Gasteiger charge is -2.21. The number of carbonyl (C=O) groups is 2. The van der Waals surface area contributed by atoms with Crippen molar-refractivity contribution >= 4 is 35.0 Å². The van der Waals surface area contributed by atoms with Gasteiger partial charge in [0.2, 0.25) is 5.91 Å². The Morgan fingerprint density at radius 2 is 1.90 bits per heavy atom. The van der Waals surface area contributed by atoms with Crippen LogP contribution in [0.15, 0.2) is 53.7 Å². The summed E-state index contributed by atoms with van der Waals surface area (Å²) in [5, 5.41) is 10.1. The zero-order valence-corrected chi connectivity index (χ0v) is 17.5. The molecule has 0 radical (unpaired) electrons. The average Bonchev–Trinajstić information content (AvgIpc) is 3.27.